The highest BCUT2D eigenvalue weighted by Crippen LogP contribution is 2.40. The number of esters is 1. The van der Waals surface area contributed by atoms with Crippen molar-refractivity contribution in [1.82, 2.24) is 0 Å². The summed E-state index contributed by atoms with van der Waals surface area (Å²) in [5.74, 6) is -3.13. The highest BCUT2D eigenvalue weighted by atomic mass is 35.5. The Labute approximate surface area is 215 Å². The van der Waals surface area contributed by atoms with Crippen molar-refractivity contribution in [3.05, 3.63) is 98.1 Å². The fourth-order valence-corrected chi connectivity index (χ4v) is 4.23. The van der Waals surface area contributed by atoms with Gasteiger partial charge in [0.2, 0.25) is 5.78 Å². The number of ketones is 1. The largest absolute Gasteiger partial charge is 0.496 e. The van der Waals surface area contributed by atoms with E-state index in [1.165, 1.54) is 25.3 Å². The molecule has 0 aliphatic carbocycles. The number of imide groups is 1. The minimum atomic E-state index is -1.07. The number of ether oxygens (including phenoxy) is 2. The minimum absolute atomic E-state index is 0.0857. The number of methoxy groups -OCH3 is 1. The molecule has 10 nitrogen and oxygen atoms in total. The topological polar surface area (TPSA) is 133 Å². The predicted molar refractivity (Wildman–Crippen MR) is 133 cm³/mol. The maximum atomic E-state index is 13.1. The SMILES string of the molecule is CC[C@@H](OC(=O)c1cc(Cl)c(N2C(=O)c3cccc([N+](=O)[O-])c3C2=O)cc1OC)C(=O)c1ccccc1. The van der Waals surface area contributed by atoms with Gasteiger partial charge in [0.15, 0.2) is 6.10 Å². The molecule has 1 aliphatic rings. The van der Waals surface area contributed by atoms with Crippen molar-refractivity contribution < 1.29 is 33.6 Å². The molecule has 1 heterocycles. The average Bonchev–Trinajstić information content (AvgIpc) is 3.16. The van der Waals surface area contributed by atoms with E-state index >= 15 is 0 Å². The summed E-state index contributed by atoms with van der Waals surface area (Å²) in [7, 11) is 1.25. The van der Waals surface area contributed by atoms with Gasteiger partial charge in [-0.1, -0.05) is 54.9 Å². The third kappa shape index (κ3) is 4.54. The van der Waals surface area contributed by atoms with Crippen LogP contribution in [0.25, 0.3) is 0 Å². The number of hydrogen-bond donors (Lipinski definition) is 0. The van der Waals surface area contributed by atoms with Gasteiger partial charge in [0.05, 0.1) is 28.3 Å². The van der Waals surface area contributed by atoms with Gasteiger partial charge in [0.25, 0.3) is 17.5 Å². The van der Waals surface area contributed by atoms with Crippen molar-refractivity contribution >= 4 is 46.5 Å². The summed E-state index contributed by atoms with van der Waals surface area (Å²) in [5, 5.41) is 11.2. The van der Waals surface area contributed by atoms with Gasteiger partial charge < -0.3 is 9.47 Å². The van der Waals surface area contributed by atoms with E-state index in [1.807, 2.05) is 0 Å². The van der Waals surface area contributed by atoms with E-state index in [0.717, 1.165) is 12.1 Å². The van der Waals surface area contributed by atoms with E-state index in [4.69, 9.17) is 21.1 Å². The molecule has 0 aromatic heterocycles. The molecular formula is C26H19ClN2O8. The van der Waals surface area contributed by atoms with Crippen molar-refractivity contribution in [2.45, 2.75) is 19.4 Å². The van der Waals surface area contributed by atoms with Crippen molar-refractivity contribution in [2.24, 2.45) is 0 Å². The van der Waals surface area contributed by atoms with Crippen molar-refractivity contribution in [1.29, 1.82) is 0 Å². The number of halogens is 1. The summed E-state index contributed by atoms with van der Waals surface area (Å²) in [6.07, 6.45) is -0.864. The number of fused-ring (bicyclic) bond motifs is 1. The molecule has 11 heteroatoms. The first-order chi connectivity index (χ1) is 17.7. The number of nitro groups is 1. The number of amides is 2. The van der Waals surface area contributed by atoms with Gasteiger partial charge >= 0.3 is 5.97 Å². The number of benzene rings is 3. The van der Waals surface area contributed by atoms with Crippen LogP contribution in [-0.2, 0) is 4.74 Å². The van der Waals surface area contributed by atoms with Crippen LogP contribution in [0.5, 0.6) is 5.75 Å². The van der Waals surface area contributed by atoms with Gasteiger partial charge in [-0.2, -0.15) is 0 Å². The number of nitro benzene ring substituents is 1. The fraction of sp³-hybridized carbons (Fsp3) is 0.154. The van der Waals surface area contributed by atoms with E-state index < -0.39 is 34.5 Å². The summed E-state index contributed by atoms with van der Waals surface area (Å²) in [6, 6.07) is 14.4. The summed E-state index contributed by atoms with van der Waals surface area (Å²) in [6.45, 7) is 1.69. The van der Waals surface area contributed by atoms with Gasteiger partial charge in [0.1, 0.15) is 16.9 Å². The molecule has 0 N–H and O–H groups in total. The zero-order valence-electron chi connectivity index (χ0n) is 19.6. The Hall–Kier alpha value is -4.57. The fourth-order valence-electron chi connectivity index (χ4n) is 3.98. The van der Waals surface area contributed by atoms with Crippen LogP contribution in [0.15, 0.2) is 60.7 Å². The minimum Gasteiger partial charge on any atom is -0.496 e. The number of Topliss-reactive ketones (excluding diaryl/α,β-unsaturated/α-hetero) is 1. The molecular weight excluding hydrogens is 504 g/mol. The average molecular weight is 523 g/mol. The maximum Gasteiger partial charge on any atom is 0.342 e. The van der Waals surface area contributed by atoms with Gasteiger partial charge in [0, 0.05) is 17.7 Å². The molecule has 0 unspecified atom stereocenters. The van der Waals surface area contributed by atoms with Gasteiger partial charge in [-0.25, -0.2) is 9.69 Å². The zero-order valence-corrected chi connectivity index (χ0v) is 20.4. The van der Waals surface area contributed by atoms with Gasteiger partial charge in [-0.15, -0.1) is 0 Å². The molecule has 0 fully saturated rings. The quantitative estimate of drug-likeness (QED) is 0.134. The monoisotopic (exact) mass is 522 g/mol. The number of carbonyl (C=O) groups excluding carboxylic acids is 4. The Morgan fingerprint density at radius 1 is 1.05 bits per heavy atom. The molecule has 4 rings (SSSR count). The smallest absolute Gasteiger partial charge is 0.342 e. The van der Waals surface area contributed by atoms with E-state index in [0.29, 0.717) is 10.5 Å². The molecule has 0 spiro atoms. The van der Waals surface area contributed by atoms with E-state index in [9.17, 15) is 29.3 Å². The Morgan fingerprint density at radius 3 is 2.38 bits per heavy atom. The van der Waals surface area contributed by atoms with E-state index in [2.05, 4.69) is 0 Å². The van der Waals surface area contributed by atoms with Crippen LogP contribution in [-0.4, -0.2) is 41.7 Å². The molecule has 3 aromatic carbocycles. The van der Waals surface area contributed by atoms with E-state index in [1.54, 1.807) is 37.3 Å². The standard InChI is InChI=1S/C26H19ClN2O8/c1-3-20(23(30)14-8-5-4-6-9-14)37-26(33)16-12-17(27)19(13-21(16)36-2)28-24(31)15-10-7-11-18(29(34)35)22(15)25(28)32/h4-13,20H,3H2,1-2H3/t20-/m1/s1. The second kappa shape index (κ2) is 10.2. The molecule has 0 saturated heterocycles. The highest BCUT2D eigenvalue weighted by Gasteiger charge is 2.43. The highest BCUT2D eigenvalue weighted by molar-refractivity contribution is 6.40. The van der Waals surface area contributed by atoms with Crippen LogP contribution >= 0.6 is 11.6 Å². The van der Waals surface area contributed by atoms with Gasteiger partial charge in [-0.05, 0) is 18.6 Å². The Kier molecular flexibility index (Phi) is 7.03. The van der Waals surface area contributed by atoms with Crippen molar-refractivity contribution in [3.63, 3.8) is 0 Å². The Morgan fingerprint density at radius 2 is 1.76 bits per heavy atom. The predicted octanol–water partition coefficient (Wildman–Crippen LogP) is 4.88. The van der Waals surface area contributed by atoms with Crippen molar-refractivity contribution in [2.75, 3.05) is 12.0 Å². The summed E-state index contributed by atoms with van der Waals surface area (Å²) in [4.78, 5) is 63.2. The molecule has 1 aliphatic heterocycles. The van der Waals surface area contributed by atoms with Crippen molar-refractivity contribution in [3.8, 4) is 5.75 Å². The molecule has 37 heavy (non-hydrogen) atoms. The molecule has 188 valence electrons. The van der Waals surface area contributed by atoms with Crippen LogP contribution in [0, 0.1) is 10.1 Å². The van der Waals surface area contributed by atoms with Crippen LogP contribution in [0.2, 0.25) is 5.02 Å². The molecule has 2 amide bonds. The lowest BCUT2D eigenvalue weighted by Crippen LogP contribution is -2.30. The molecule has 0 radical (unpaired) electrons. The molecule has 0 bridgehead atoms. The second-order valence-electron chi connectivity index (χ2n) is 7.94. The molecule has 1 atom stereocenters. The summed E-state index contributed by atoms with van der Waals surface area (Å²) < 4.78 is 10.7. The van der Waals surface area contributed by atoms with Crippen LogP contribution in [0.4, 0.5) is 11.4 Å². The van der Waals surface area contributed by atoms with Crippen LogP contribution in [0.1, 0.15) is 54.8 Å². The Bertz CT molecular complexity index is 1450. The third-order valence-electron chi connectivity index (χ3n) is 5.79. The normalized spacial score (nSPS) is 13.2. The first-order valence-electron chi connectivity index (χ1n) is 11.0. The molecule has 3 aromatic rings. The number of carbonyl (C=O) groups is 4. The lowest BCUT2D eigenvalue weighted by Gasteiger charge is -2.20. The lowest BCUT2D eigenvalue weighted by atomic mass is 10.0. The number of hydrogen-bond acceptors (Lipinski definition) is 8. The summed E-state index contributed by atoms with van der Waals surface area (Å²) in [5.41, 5.74) is -0.928. The number of anilines is 1. The number of nitrogens with zero attached hydrogens (tertiary/aromatic N) is 2. The lowest BCUT2D eigenvalue weighted by molar-refractivity contribution is -0.385. The number of rotatable bonds is 8. The molecule has 0 saturated carbocycles. The van der Waals surface area contributed by atoms with Crippen LogP contribution < -0.4 is 9.64 Å². The zero-order chi connectivity index (χ0) is 26.9. The third-order valence-corrected chi connectivity index (χ3v) is 6.09. The first kappa shape index (κ1) is 25.5. The first-order valence-corrected chi connectivity index (χ1v) is 11.4. The van der Waals surface area contributed by atoms with E-state index in [-0.39, 0.29) is 45.4 Å². The second-order valence-corrected chi connectivity index (χ2v) is 8.35. The van der Waals surface area contributed by atoms with Crippen LogP contribution in [0.3, 0.4) is 0 Å². The summed E-state index contributed by atoms with van der Waals surface area (Å²) >= 11 is 6.38. The maximum absolute atomic E-state index is 13.1. The van der Waals surface area contributed by atoms with Gasteiger partial charge in [-0.3, -0.25) is 24.5 Å². The Balaban J connectivity index is 1.67.